The maximum atomic E-state index is 13.1. The standard InChI is InChI=1S/C18H23N5O5/c1-20-9-19-15-14(20)16(25)22(18(28)21(15)2)8-13(24)23-11-6-4-3-5-10(11)7-12(23)17(26)27/h9-12H,3-8H2,1-2H3,(H,26,27)/t10-,11-,12+/m1/s1. The third-order valence-electron chi connectivity index (χ3n) is 6.16. The number of imidazole rings is 1. The minimum atomic E-state index is -1.04. The second-order valence-electron chi connectivity index (χ2n) is 7.76. The topological polar surface area (TPSA) is 119 Å². The van der Waals surface area contributed by atoms with Crippen LogP contribution in [-0.4, -0.2) is 52.7 Å². The molecule has 2 aliphatic rings. The van der Waals surface area contributed by atoms with Gasteiger partial charge in [0.2, 0.25) is 5.91 Å². The number of carboxylic acids is 1. The monoisotopic (exact) mass is 389 g/mol. The molecule has 2 fully saturated rings. The Hall–Kier alpha value is -2.91. The summed E-state index contributed by atoms with van der Waals surface area (Å²) in [4.78, 5) is 55.8. The molecule has 10 nitrogen and oxygen atoms in total. The molecular formula is C18H23N5O5. The molecule has 1 saturated heterocycles. The molecule has 1 aliphatic carbocycles. The zero-order valence-corrected chi connectivity index (χ0v) is 15.9. The molecule has 0 aromatic carbocycles. The molecule has 0 spiro atoms. The highest BCUT2D eigenvalue weighted by Gasteiger charge is 2.47. The van der Waals surface area contributed by atoms with E-state index in [2.05, 4.69) is 4.98 Å². The summed E-state index contributed by atoms with van der Waals surface area (Å²) in [6.07, 6.45) is 5.51. The number of aliphatic carboxylic acids is 1. The molecule has 0 unspecified atom stereocenters. The number of hydrogen-bond donors (Lipinski definition) is 1. The van der Waals surface area contributed by atoms with Crippen molar-refractivity contribution in [3.8, 4) is 0 Å². The SMILES string of the molecule is Cn1cnc2c1c(=O)n(CC(=O)N1[C@@H]3CCCC[C@@H]3C[C@H]1C(=O)O)c(=O)n2C. The lowest BCUT2D eigenvalue weighted by molar-refractivity contribution is -0.150. The van der Waals surface area contributed by atoms with E-state index in [-0.39, 0.29) is 23.1 Å². The number of aromatic nitrogens is 4. The molecule has 2 aromatic heterocycles. The van der Waals surface area contributed by atoms with E-state index < -0.39 is 35.7 Å². The van der Waals surface area contributed by atoms with Crippen LogP contribution in [0, 0.1) is 5.92 Å². The van der Waals surface area contributed by atoms with Crippen molar-refractivity contribution in [2.75, 3.05) is 0 Å². The fourth-order valence-corrected chi connectivity index (χ4v) is 4.79. The number of aryl methyl sites for hydroxylation is 2. The maximum Gasteiger partial charge on any atom is 0.332 e. The molecule has 1 N–H and O–H groups in total. The Morgan fingerprint density at radius 2 is 1.93 bits per heavy atom. The highest BCUT2D eigenvalue weighted by Crippen LogP contribution is 2.39. The van der Waals surface area contributed by atoms with E-state index in [9.17, 15) is 24.3 Å². The Kier molecular flexibility index (Phi) is 4.35. The van der Waals surface area contributed by atoms with Gasteiger partial charge in [0.25, 0.3) is 5.56 Å². The number of rotatable bonds is 3. The Balaban J connectivity index is 1.74. The second kappa shape index (κ2) is 6.61. The fraction of sp³-hybridized carbons (Fsp3) is 0.611. The number of likely N-dealkylation sites (tertiary alicyclic amines) is 1. The van der Waals surface area contributed by atoms with Crippen molar-refractivity contribution in [3.63, 3.8) is 0 Å². The van der Waals surface area contributed by atoms with E-state index in [1.54, 1.807) is 7.05 Å². The van der Waals surface area contributed by atoms with Crippen LogP contribution in [0.3, 0.4) is 0 Å². The van der Waals surface area contributed by atoms with Crippen LogP contribution < -0.4 is 11.2 Å². The van der Waals surface area contributed by atoms with Gasteiger partial charge < -0.3 is 14.6 Å². The highest BCUT2D eigenvalue weighted by molar-refractivity contribution is 5.85. The summed E-state index contributed by atoms with van der Waals surface area (Å²) in [5.74, 6) is -1.37. The van der Waals surface area contributed by atoms with E-state index in [1.165, 1.54) is 27.4 Å². The molecule has 1 saturated carbocycles. The summed E-state index contributed by atoms with van der Waals surface area (Å²) in [5.41, 5.74) is -0.770. The first-order valence-electron chi connectivity index (χ1n) is 9.46. The van der Waals surface area contributed by atoms with Crippen LogP contribution in [-0.2, 0) is 30.2 Å². The minimum Gasteiger partial charge on any atom is -0.480 e. The molecular weight excluding hydrogens is 366 g/mol. The molecule has 0 bridgehead atoms. The van der Waals surface area contributed by atoms with Gasteiger partial charge in [-0.1, -0.05) is 12.8 Å². The molecule has 2 aromatic rings. The molecule has 4 rings (SSSR count). The molecule has 150 valence electrons. The van der Waals surface area contributed by atoms with Crippen LogP contribution in [0.1, 0.15) is 32.1 Å². The van der Waals surface area contributed by atoms with Gasteiger partial charge in [-0.2, -0.15) is 0 Å². The average Bonchev–Trinajstić information content (AvgIpc) is 3.24. The summed E-state index contributed by atoms with van der Waals surface area (Å²) in [5, 5.41) is 9.61. The average molecular weight is 389 g/mol. The van der Waals surface area contributed by atoms with E-state index in [1.807, 2.05) is 0 Å². The van der Waals surface area contributed by atoms with Gasteiger partial charge in [0.1, 0.15) is 12.6 Å². The quantitative estimate of drug-likeness (QED) is 0.768. The van der Waals surface area contributed by atoms with Crippen LogP contribution in [0.5, 0.6) is 0 Å². The first kappa shape index (κ1) is 18.5. The summed E-state index contributed by atoms with van der Waals surface area (Å²) >= 11 is 0. The van der Waals surface area contributed by atoms with Crippen LogP contribution in [0.2, 0.25) is 0 Å². The van der Waals surface area contributed by atoms with Gasteiger partial charge in [-0.3, -0.25) is 14.2 Å². The largest absolute Gasteiger partial charge is 0.480 e. The predicted molar refractivity (Wildman–Crippen MR) is 98.8 cm³/mol. The van der Waals surface area contributed by atoms with Crippen molar-refractivity contribution in [2.45, 2.75) is 50.7 Å². The van der Waals surface area contributed by atoms with Gasteiger partial charge in [0.15, 0.2) is 11.2 Å². The lowest BCUT2D eigenvalue weighted by Gasteiger charge is -2.33. The number of carboxylic acid groups (broad SMARTS) is 1. The minimum absolute atomic E-state index is 0.137. The van der Waals surface area contributed by atoms with Gasteiger partial charge in [-0.25, -0.2) is 19.1 Å². The lowest BCUT2D eigenvalue weighted by Crippen LogP contribution is -2.50. The number of carbonyl (C=O) groups excluding carboxylic acids is 1. The van der Waals surface area contributed by atoms with Crippen LogP contribution >= 0.6 is 0 Å². The molecule has 10 heteroatoms. The molecule has 1 amide bonds. The Morgan fingerprint density at radius 1 is 1.21 bits per heavy atom. The van der Waals surface area contributed by atoms with Crippen molar-refractivity contribution < 1.29 is 14.7 Å². The highest BCUT2D eigenvalue weighted by atomic mass is 16.4. The van der Waals surface area contributed by atoms with E-state index in [4.69, 9.17) is 0 Å². The zero-order valence-electron chi connectivity index (χ0n) is 15.9. The summed E-state index contributed by atoms with van der Waals surface area (Å²) in [6, 6.07) is -1.04. The van der Waals surface area contributed by atoms with Gasteiger partial charge >= 0.3 is 11.7 Å². The maximum absolute atomic E-state index is 13.1. The van der Waals surface area contributed by atoms with Crippen molar-refractivity contribution >= 4 is 23.0 Å². The van der Waals surface area contributed by atoms with Crippen LogP contribution in [0.15, 0.2) is 15.9 Å². The smallest absolute Gasteiger partial charge is 0.332 e. The number of hydrogen-bond acceptors (Lipinski definition) is 5. The zero-order chi connectivity index (χ0) is 20.2. The first-order valence-corrected chi connectivity index (χ1v) is 9.46. The first-order chi connectivity index (χ1) is 13.3. The second-order valence-corrected chi connectivity index (χ2v) is 7.76. The normalized spacial score (nSPS) is 24.5. The van der Waals surface area contributed by atoms with Crippen LogP contribution in [0.25, 0.3) is 11.2 Å². The van der Waals surface area contributed by atoms with Gasteiger partial charge in [-0.05, 0) is 25.2 Å². The number of nitrogens with zero attached hydrogens (tertiary/aromatic N) is 5. The van der Waals surface area contributed by atoms with Gasteiger partial charge in [-0.15, -0.1) is 0 Å². The van der Waals surface area contributed by atoms with E-state index in [0.717, 1.165) is 30.3 Å². The van der Waals surface area contributed by atoms with Crippen molar-refractivity contribution in [1.82, 2.24) is 23.6 Å². The molecule has 28 heavy (non-hydrogen) atoms. The van der Waals surface area contributed by atoms with Crippen molar-refractivity contribution in [3.05, 3.63) is 27.2 Å². The molecule has 1 aliphatic heterocycles. The Bertz CT molecular complexity index is 1080. The van der Waals surface area contributed by atoms with Crippen molar-refractivity contribution in [2.24, 2.45) is 20.0 Å². The third kappa shape index (κ3) is 2.66. The van der Waals surface area contributed by atoms with Gasteiger partial charge in [0, 0.05) is 20.1 Å². The third-order valence-corrected chi connectivity index (χ3v) is 6.16. The number of fused-ring (bicyclic) bond motifs is 2. The molecule has 0 radical (unpaired) electrons. The molecule has 3 heterocycles. The fourth-order valence-electron chi connectivity index (χ4n) is 4.79. The Labute approximate surface area is 160 Å². The summed E-state index contributed by atoms with van der Waals surface area (Å²) in [6.45, 7) is -0.473. The number of amides is 1. The van der Waals surface area contributed by atoms with E-state index in [0.29, 0.717) is 6.42 Å². The Morgan fingerprint density at radius 3 is 2.64 bits per heavy atom. The van der Waals surface area contributed by atoms with Crippen molar-refractivity contribution in [1.29, 1.82) is 0 Å². The predicted octanol–water partition coefficient (Wildman–Crippen LogP) is -0.322. The lowest BCUT2D eigenvalue weighted by atomic mass is 9.85. The van der Waals surface area contributed by atoms with Crippen LogP contribution in [0.4, 0.5) is 0 Å². The van der Waals surface area contributed by atoms with E-state index >= 15 is 0 Å². The van der Waals surface area contributed by atoms with Gasteiger partial charge in [0.05, 0.1) is 6.33 Å². The summed E-state index contributed by atoms with van der Waals surface area (Å²) in [7, 11) is 3.13. The summed E-state index contributed by atoms with van der Waals surface area (Å²) < 4.78 is 3.61. The molecule has 3 atom stereocenters. The number of carbonyl (C=O) groups is 2.